The minimum Gasteiger partial charge on any atom is -0.304 e. The van der Waals surface area contributed by atoms with Gasteiger partial charge in [0.2, 0.25) is 5.82 Å². The molecule has 1 aromatic carbocycles. The Balaban J connectivity index is 1.45. The number of hydrazine groups is 1. The number of likely N-dealkylation sites (N-methyl/N-ethyl adjacent to an activating group) is 1. The van der Waals surface area contributed by atoms with E-state index in [2.05, 4.69) is 48.2 Å². The highest BCUT2D eigenvalue weighted by atomic mass is 79.9. The minimum absolute atomic E-state index is 0.0741. The molecule has 1 aliphatic heterocycles. The van der Waals surface area contributed by atoms with Crippen LogP contribution in [0.25, 0.3) is 0 Å². The molecule has 1 amide bonds. The van der Waals surface area contributed by atoms with Crippen molar-refractivity contribution < 1.29 is 4.79 Å². The Hall–Kier alpha value is -2.54. The molecule has 1 aromatic heterocycles. The summed E-state index contributed by atoms with van der Waals surface area (Å²) in [6.07, 6.45) is 4.57. The fourth-order valence-electron chi connectivity index (χ4n) is 3.74. The second-order valence-electron chi connectivity index (χ2n) is 8.15. The Morgan fingerprint density at radius 3 is 2.58 bits per heavy atom. The van der Waals surface area contributed by atoms with Crippen molar-refractivity contribution in [3.05, 3.63) is 51.9 Å². The summed E-state index contributed by atoms with van der Waals surface area (Å²) in [5.74, 6) is 0.392. The molecular formula is C22H26BrN7O. The molecule has 4 rings (SSSR count). The number of rotatable bonds is 6. The van der Waals surface area contributed by atoms with Crippen LogP contribution in [0.5, 0.6) is 0 Å². The van der Waals surface area contributed by atoms with Crippen LogP contribution in [0.15, 0.2) is 34.9 Å². The van der Waals surface area contributed by atoms with Gasteiger partial charge in [-0.05, 0) is 59.9 Å². The highest BCUT2D eigenvalue weighted by Gasteiger charge is 2.29. The summed E-state index contributed by atoms with van der Waals surface area (Å²) in [5, 5.41) is 10.9. The van der Waals surface area contributed by atoms with Crippen LogP contribution in [-0.4, -0.2) is 64.9 Å². The molecular weight excluding hydrogens is 458 g/mol. The number of carbonyl (C=O) groups excluding carboxylic acids is 1. The highest BCUT2D eigenvalue weighted by molar-refractivity contribution is 9.10. The number of halogens is 1. The molecule has 1 aliphatic carbocycles. The molecule has 8 nitrogen and oxygen atoms in total. The Bertz CT molecular complexity index is 963. The second-order valence-corrected chi connectivity index (χ2v) is 9.00. The molecule has 0 bridgehead atoms. The third-order valence-electron chi connectivity index (χ3n) is 5.93. The number of amides is 1. The van der Waals surface area contributed by atoms with E-state index in [0.717, 1.165) is 52.0 Å². The van der Waals surface area contributed by atoms with Gasteiger partial charge in [-0.25, -0.2) is 4.98 Å². The Labute approximate surface area is 191 Å². The van der Waals surface area contributed by atoms with Crippen molar-refractivity contribution in [3.8, 4) is 6.07 Å². The molecule has 0 unspecified atom stereocenters. The van der Waals surface area contributed by atoms with E-state index >= 15 is 0 Å². The zero-order valence-electron chi connectivity index (χ0n) is 17.6. The van der Waals surface area contributed by atoms with Crippen LogP contribution in [-0.2, 0) is 6.54 Å². The number of piperazine rings is 1. The van der Waals surface area contributed by atoms with Gasteiger partial charge in [-0.3, -0.25) is 20.1 Å². The topological polar surface area (TPSA) is 88.4 Å². The number of anilines is 1. The molecule has 2 fully saturated rings. The van der Waals surface area contributed by atoms with Crippen molar-refractivity contribution in [2.75, 3.05) is 38.2 Å². The van der Waals surface area contributed by atoms with Crippen molar-refractivity contribution in [1.82, 2.24) is 25.2 Å². The van der Waals surface area contributed by atoms with Gasteiger partial charge in [0.15, 0.2) is 5.82 Å². The molecule has 2 aliphatic rings. The van der Waals surface area contributed by atoms with Gasteiger partial charge in [0.25, 0.3) is 5.91 Å². The lowest BCUT2D eigenvalue weighted by Gasteiger charge is -2.38. The van der Waals surface area contributed by atoms with Gasteiger partial charge in [0.05, 0.1) is 10.5 Å². The summed E-state index contributed by atoms with van der Waals surface area (Å²) in [6, 6.07) is 9.90. The zero-order chi connectivity index (χ0) is 21.8. The first-order chi connectivity index (χ1) is 15.0. The number of hydrogen-bond acceptors (Lipinski definition) is 7. The number of benzene rings is 1. The van der Waals surface area contributed by atoms with Crippen molar-refractivity contribution in [2.24, 2.45) is 0 Å². The zero-order valence-corrected chi connectivity index (χ0v) is 19.2. The predicted molar refractivity (Wildman–Crippen MR) is 121 cm³/mol. The summed E-state index contributed by atoms with van der Waals surface area (Å²) in [7, 11) is 2.15. The first-order valence-corrected chi connectivity index (χ1v) is 11.4. The van der Waals surface area contributed by atoms with Gasteiger partial charge < -0.3 is 4.90 Å². The molecule has 0 radical (unpaired) electrons. The average molecular weight is 484 g/mol. The van der Waals surface area contributed by atoms with E-state index in [1.165, 1.54) is 5.56 Å². The van der Waals surface area contributed by atoms with Gasteiger partial charge >= 0.3 is 0 Å². The van der Waals surface area contributed by atoms with E-state index in [9.17, 15) is 4.79 Å². The number of nitrogens with zero attached hydrogens (tertiary/aromatic N) is 6. The second kappa shape index (κ2) is 9.73. The molecule has 1 N–H and O–H groups in total. The van der Waals surface area contributed by atoms with Crippen molar-refractivity contribution in [3.63, 3.8) is 0 Å². The molecule has 2 heterocycles. The molecule has 2 aromatic rings. The molecule has 1 saturated heterocycles. The fraction of sp³-hybridized carbons (Fsp3) is 0.455. The molecule has 0 atom stereocenters. The first-order valence-electron chi connectivity index (χ1n) is 10.6. The van der Waals surface area contributed by atoms with E-state index < -0.39 is 0 Å². The quantitative estimate of drug-likeness (QED) is 0.631. The predicted octanol–water partition coefficient (Wildman–Crippen LogP) is 2.56. The van der Waals surface area contributed by atoms with E-state index in [0.29, 0.717) is 15.9 Å². The maximum absolute atomic E-state index is 13.0. The monoisotopic (exact) mass is 483 g/mol. The lowest BCUT2D eigenvalue weighted by molar-refractivity contribution is 0.0937. The van der Waals surface area contributed by atoms with Crippen molar-refractivity contribution >= 4 is 27.7 Å². The maximum atomic E-state index is 13.0. The SMILES string of the molecule is CN1CCN(Cc2ccc(C(=O)NN(c3nc(C#N)ncc3Br)C3CCC3)cc2)CC1. The van der Waals surface area contributed by atoms with Crippen LogP contribution >= 0.6 is 15.9 Å². The lowest BCUT2D eigenvalue weighted by Crippen LogP contribution is -2.52. The molecule has 1 saturated carbocycles. The van der Waals surface area contributed by atoms with E-state index in [1.54, 1.807) is 11.2 Å². The van der Waals surface area contributed by atoms with Crippen LogP contribution in [0, 0.1) is 11.3 Å². The van der Waals surface area contributed by atoms with E-state index in [4.69, 9.17) is 5.26 Å². The number of aromatic nitrogens is 2. The largest absolute Gasteiger partial charge is 0.304 e. The number of nitrogens with one attached hydrogen (secondary N) is 1. The fourth-order valence-corrected chi connectivity index (χ4v) is 4.12. The summed E-state index contributed by atoms with van der Waals surface area (Å²) in [6.45, 7) is 5.20. The summed E-state index contributed by atoms with van der Waals surface area (Å²) in [4.78, 5) is 26.0. The third kappa shape index (κ3) is 5.21. The average Bonchev–Trinajstić information content (AvgIpc) is 2.74. The van der Waals surface area contributed by atoms with E-state index in [-0.39, 0.29) is 17.8 Å². The third-order valence-corrected chi connectivity index (χ3v) is 6.49. The summed E-state index contributed by atoms with van der Waals surface area (Å²) in [5.41, 5.74) is 4.80. The van der Waals surface area contributed by atoms with Gasteiger partial charge in [-0.1, -0.05) is 12.1 Å². The molecule has 162 valence electrons. The summed E-state index contributed by atoms with van der Waals surface area (Å²) >= 11 is 3.45. The minimum atomic E-state index is -0.193. The van der Waals surface area contributed by atoms with Gasteiger partial charge in [-0.2, -0.15) is 10.2 Å². The van der Waals surface area contributed by atoms with E-state index in [1.807, 2.05) is 30.3 Å². The Morgan fingerprint density at radius 2 is 1.97 bits per heavy atom. The van der Waals surface area contributed by atoms with Crippen molar-refractivity contribution in [2.45, 2.75) is 31.8 Å². The highest BCUT2D eigenvalue weighted by Crippen LogP contribution is 2.31. The standard InChI is InChI=1S/C22H26BrN7O/c1-28-9-11-29(12-10-28)15-16-5-7-17(8-6-16)22(31)27-30(18-3-2-4-18)21-19(23)14-25-20(13-24)26-21/h5-8,14,18H,2-4,9-12,15H2,1H3,(H,27,31). The normalized spacial score (nSPS) is 17.6. The smallest absolute Gasteiger partial charge is 0.269 e. The molecule has 31 heavy (non-hydrogen) atoms. The van der Waals surface area contributed by atoms with Crippen LogP contribution in [0.4, 0.5) is 5.82 Å². The van der Waals surface area contributed by atoms with Crippen LogP contribution in [0.3, 0.4) is 0 Å². The Morgan fingerprint density at radius 1 is 1.26 bits per heavy atom. The number of carbonyl (C=O) groups is 1. The number of nitriles is 1. The maximum Gasteiger partial charge on any atom is 0.269 e. The van der Waals surface area contributed by atoms with Gasteiger partial charge in [0.1, 0.15) is 6.07 Å². The summed E-state index contributed by atoms with van der Waals surface area (Å²) < 4.78 is 0.640. The molecule has 9 heteroatoms. The van der Waals surface area contributed by atoms with Crippen molar-refractivity contribution in [1.29, 1.82) is 5.26 Å². The Kier molecular flexibility index (Phi) is 6.80. The number of hydrogen-bond donors (Lipinski definition) is 1. The van der Waals surface area contributed by atoms with Gasteiger partial charge in [0, 0.05) is 44.5 Å². The van der Waals surface area contributed by atoms with Gasteiger partial charge in [-0.15, -0.1) is 0 Å². The van der Waals surface area contributed by atoms with Crippen LogP contribution in [0.2, 0.25) is 0 Å². The van der Waals surface area contributed by atoms with Crippen LogP contribution in [0.1, 0.15) is 41.0 Å². The first kappa shape index (κ1) is 21.7. The lowest BCUT2D eigenvalue weighted by atomic mass is 9.92. The molecule has 0 spiro atoms. The van der Waals surface area contributed by atoms with Crippen LogP contribution < -0.4 is 10.4 Å².